The fourth-order valence-electron chi connectivity index (χ4n) is 3.03. The van der Waals surface area contributed by atoms with Gasteiger partial charge in [-0.05, 0) is 43.9 Å². The fraction of sp³-hybridized carbons (Fsp3) is 0.316. The normalized spacial score (nSPS) is 13.2. The highest BCUT2D eigenvalue weighted by molar-refractivity contribution is 5.92. The van der Waals surface area contributed by atoms with Gasteiger partial charge in [-0.25, -0.2) is 9.48 Å². The van der Waals surface area contributed by atoms with E-state index in [0.717, 1.165) is 30.6 Å². The van der Waals surface area contributed by atoms with E-state index in [0.29, 0.717) is 6.54 Å². The first-order chi connectivity index (χ1) is 12.2. The second kappa shape index (κ2) is 7.67. The number of nitrogens with zero attached hydrogens (tertiary/aromatic N) is 3. The number of ether oxygens (including phenoxy) is 1. The van der Waals surface area contributed by atoms with Crippen LogP contribution in [-0.2, 0) is 28.9 Å². The minimum Gasteiger partial charge on any atom is -0.462 e. The van der Waals surface area contributed by atoms with Gasteiger partial charge in [0, 0.05) is 11.9 Å². The van der Waals surface area contributed by atoms with E-state index in [-0.39, 0.29) is 12.2 Å². The summed E-state index contributed by atoms with van der Waals surface area (Å²) in [6, 6.07) is 11.9. The number of benzene rings is 1. The van der Waals surface area contributed by atoms with Crippen LogP contribution in [0.1, 0.15) is 30.3 Å². The van der Waals surface area contributed by atoms with Crippen molar-refractivity contribution < 1.29 is 9.53 Å². The molecule has 0 aliphatic heterocycles. The molecule has 0 unspecified atom stereocenters. The van der Waals surface area contributed by atoms with Crippen molar-refractivity contribution in [1.82, 2.24) is 15.1 Å². The van der Waals surface area contributed by atoms with Crippen molar-refractivity contribution in [1.29, 1.82) is 5.26 Å². The molecule has 1 aliphatic carbocycles. The maximum absolute atomic E-state index is 11.6. The lowest BCUT2D eigenvalue weighted by atomic mass is 10.2. The molecule has 25 heavy (non-hydrogen) atoms. The molecule has 6 nitrogen and oxygen atoms in total. The van der Waals surface area contributed by atoms with E-state index >= 15 is 0 Å². The number of nitrogens with one attached hydrogen (secondary N) is 1. The quantitative estimate of drug-likeness (QED) is 0.498. The summed E-state index contributed by atoms with van der Waals surface area (Å²) >= 11 is 0. The van der Waals surface area contributed by atoms with Gasteiger partial charge in [-0.2, -0.15) is 10.4 Å². The molecule has 1 heterocycles. The van der Waals surface area contributed by atoms with Gasteiger partial charge in [-0.1, -0.05) is 18.2 Å². The number of rotatable bonds is 6. The SMILES string of the molecule is CCOC(=O)C(C#N)=CNCc1nn(-c2ccccc2)c2c1CCC2. The third-order valence-corrected chi connectivity index (χ3v) is 4.15. The summed E-state index contributed by atoms with van der Waals surface area (Å²) in [5, 5.41) is 16.8. The first-order valence-corrected chi connectivity index (χ1v) is 8.40. The third-order valence-electron chi connectivity index (χ3n) is 4.15. The van der Waals surface area contributed by atoms with Crippen molar-refractivity contribution >= 4 is 5.97 Å². The Bertz CT molecular complexity index is 831. The van der Waals surface area contributed by atoms with E-state index in [1.165, 1.54) is 17.5 Å². The molecule has 1 aliphatic rings. The number of hydrogen-bond acceptors (Lipinski definition) is 5. The molecule has 0 bridgehead atoms. The zero-order valence-electron chi connectivity index (χ0n) is 14.2. The molecule has 0 amide bonds. The zero-order valence-corrected chi connectivity index (χ0v) is 14.2. The minimum atomic E-state index is -0.613. The van der Waals surface area contributed by atoms with Gasteiger partial charge in [0.15, 0.2) is 5.57 Å². The van der Waals surface area contributed by atoms with Crippen molar-refractivity contribution in [3.63, 3.8) is 0 Å². The minimum absolute atomic E-state index is 0.0408. The van der Waals surface area contributed by atoms with Crippen LogP contribution in [0.25, 0.3) is 5.69 Å². The van der Waals surface area contributed by atoms with Crippen LogP contribution < -0.4 is 5.32 Å². The Balaban J connectivity index is 1.78. The monoisotopic (exact) mass is 336 g/mol. The summed E-state index contributed by atoms with van der Waals surface area (Å²) in [5.74, 6) is -0.613. The van der Waals surface area contributed by atoms with E-state index in [1.54, 1.807) is 6.92 Å². The number of para-hydroxylation sites is 1. The predicted molar refractivity (Wildman–Crippen MR) is 92.8 cm³/mol. The van der Waals surface area contributed by atoms with Gasteiger partial charge < -0.3 is 10.1 Å². The molecular formula is C19H20N4O2. The highest BCUT2D eigenvalue weighted by Gasteiger charge is 2.22. The largest absolute Gasteiger partial charge is 0.462 e. The predicted octanol–water partition coefficient (Wildman–Crippen LogP) is 2.42. The molecule has 2 aromatic rings. The maximum atomic E-state index is 11.6. The van der Waals surface area contributed by atoms with E-state index in [4.69, 9.17) is 15.1 Å². The van der Waals surface area contributed by atoms with Crippen molar-refractivity contribution in [3.05, 3.63) is 59.1 Å². The van der Waals surface area contributed by atoms with Crippen LogP contribution in [0.15, 0.2) is 42.1 Å². The summed E-state index contributed by atoms with van der Waals surface area (Å²) < 4.78 is 6.84. The number of carbonyl (C=O) groups excluding carboxylic acids is 1. The Labute approximate surface area is 146 Å². The Morgan fingerprint density at radius 3 is 2.92 bits per heavy atom. The summed E-state index contributed by atoms with van der Waals surface area (Å²) in [4.78, 5) is 11.6. The number of esters is 1. The number of fused-ring (bicyclic) bond motifs is 1. The molecule has 3 rings (SSSR count). The third kappa shape index (κ3) is 3.56. The van der Waals surface area contributed by atoms with Gasteiger partial charge in [0.2, 0.25) is 0 Å². The number of aromatic nitrogens is 2. The lowest BCUT2D eigenvalue weighted by molar-refractivity contribution is -0.138. The van der Waals surface area contributed by atoms with E-state index in [9.17, 15) is 4.79 Å². The van der Waals surface area contributed by atoms with E-state index in [1.807, 2.05) is 41.1 Å². The smallest absolute Gasteiger partial charge is 0.350 e. The van der Waals surface area contributed by atoms with Crippen LogP contribution in [0, 0.1) is 11.3 Å². The average Bonchev–Trinajstić information content (AvgIpc) is 3.23. The van der Waals surface area contributed by atoms with Crippen LogP contribution in [0.5, 0.6) is 0 Å². The van der Waals surface area contributed by atoms with E-state index in [2.05, 4.69) is 5.32 Å². The molecule has 0 atom stereocenters. The molecular weight excluding hydrogens is 316 g/mol. The second-order valence-electron chi connectivity index (χ2n) is 5.74. The van der Waals surface area contributed by atoms with Crippen LogP contribution in [0.2, 0.25) is 0 Å². The summed E-state index contributed by atoms with van der Waals surface area (Å²) in [6.07, 6.45) is 4.54. The molecule has 1 aromatic carbocycles. The van der Waals surface area contributed by atoms with Crippen LogP contribution in [-0.4, -0.2) is 22.4 Å². The highest BCUT2D eigenvalue weighted by Crippen LogP contribution is 2.27. The van der Waals surface area contributed by atoms with Gasteiger partial charge >= 0.3 is 5.97 Å². The molecule has 0 radical (unpaired) electrons. The van der Waals surface area contributed by atoms with Crippen molar-refractivity contribution in [3.8, 4) is 11.8 Å². The molecule has 6 heteroatoms. The fourth-order valence-corrected chi connectivity index (χ4v) is 3.03. The van der Waals surface area contributed by atoms with Gasteiger partial charge in [-0.3, -0.25) is 0 Å². The first-order valence-electron chi connectivity index (χ1n) is 8.40. The van der Waals surface area contributed by atoms with Gasteiger partial charge in [0.05, 0.1) is 24.5 Å². The van der Waals surface area contributed by atoms with Crippen molar-refractivity contribution in [2.75, 3.05) is 6.61 Å². The standard InChI is InChI=1S/C19H20N4O2/c1-2-25-19(24)14(11-20)12-21-13-17-16-9-6-10-18(16)23(22-17)15-7-4-3-5-8-15/h3-5,7-8,12,21H,2,6,9-10,13H2,1H3. The molecule has 128 valence electrons. The molecule has 1 N–H and O–H groups in total. The summed E-state index contributed by atoms with van der Waals surface area (Å²) in [6.45, 7) is 2.42. The maximum Gasteiger partial charge on any atom is 0.350 e. The first kappa shape index (κ1) is 16.8. The highest BCUT2D eigenvalue weighted by atomic mass is 16.5. The van der Waals surface area contributed by atoms with Crippen LogP contribution in [0.4, 0.5) is 0 Å². The summed E-state index contributed by atoms with van der Waals surface area (Å²) in [7, 11) is 0. The van der Waals surface area contributed by atoms with Crippen LogP contribution >= 0.6 is 0 Å². The lowest BCUT2D eigenvalue weighted by Crippen LogP contribution is -2.13. The van der Waals surface area contributed by atoms with Gasteiger partial charge in [-0.15, -0.1) is 0 Å². The van der Waals surface area contributed by atoms with Gasteiger partial charge in [0.25, 0.3) is 0 Å². The second-order valence-corrected chi connectivity index (χ2v) is 5.74. The van der Waals surface area contributed by atoms with Crippen molar-refractivity contribution in [2.45, 2.75) is 32.7 Å². The Kier molecular flexibility index (Phi) is 5.14. The average molecular weight is 336 g/mol. The number of carbonyl (C=O) groups is 1. The topological polar surface area (TPSA) is 79.9 Å². The number of hydrogen-bond donors (Lipinski definition) is 1. The molecule has 0 saturated heterocycles. The molecule has 0 spiro atoms. The van der Waals surface area contributed by atoms with Crippen LogP contribution in [0.3, 0.4) is 0 Å². The zero-order chi connectivity index (χ0) is 17.6. The Morgan fingerprint density at radius 1 is 1.40 bits per heavy atom. The molecule has 1 aromatic heterocycles. The summed E-state index contributed by atoms with van der Waals surface area (Å²) in [5.41, 5.74) is 4.47. The van der Waals surface area contributed by atoms with Gasteiger partial charge in [0.1, 0.15) is 6.07 Å². The number of nitriles is 1. The lowest BCUT2D eigenvalue weighted by Gasteiger charge is -2.05. The molecule has 0 saturated carbocycles. The Hall–Kier alpha value is -3.07. The van der Waals surface area contributed by atoms with Crippen molar-refractivity contribution in [2.24, 2.45) is 0 Å². The molecule has 0 fully saturated rings. The van der Waals surface area contributed by atoms with E-state index < -0.39 is 5.97 Å². The Morgan fingerprint density at radius 2 is 2.20 bits per heavy atom.